The van der Waals surface area contributed by atoms with Crippen LogP contribution in [0.2, 0.25) is 0 Å². The molecule has 3 aromatic heterocycles. The molecule has 1 amide bonds. The number of fused-ring (bicyclic) bond motifs is 1. The lowest BCUT2D eigenvalue weighted by atomic mass is 10.3. The predicted octanol–water partition coefficient (Wildman–Crippen LogP) is 1.31. The third kappa shape index (κ3) is 2.80. The number of hydrogen-bond acceptors (Lipinski definition) is 7. The lowest BCUT2D eigenvalue weighted by Crippen LogP contribution is -2.19. The summed E-state index contributed by atoms with van der Waals surface area (Å²) in [5.41, 5.74) is 0.338. The number of carbonyl (C=O) groups is 2. The summed E-state index contributed by atoms with van der Waals surface area (Å²) >= 11 is 1.21. The Morgan fingerprint density at radius 2 is 2.20 bits per heavy atom. The quantitative estimate of drug-likeness (QED) is 0.678. The van der Waals surface area contributed by atoms with Crippen molar-refractivity contribution in [2.45, 2.75) is 12.8 Å². The smallest absolute Gasteiger partial charge is 0.339 e. The van der Waals surface area contributed by atoms with Crippen molar-refractivity contribution < 1.29 is 14.3 Å². The van der Waals surface area contributed by atoms with Crippen LogP contribution in [0.15, 0.2) is 23.1 Å². The Morgan fingerprint density at radius 1 is 1.40 bits per heavy atom. The predicted molar refractivity (Wildman–Crippen MR) is 90.1 cm³/mol. The first-order valence-corrected chi connectivity index (χ1v) is 8.35. The van der Waals surface area contributed by atoms with Crippen LogP contribution >= 0.6 is 11.3 Å². The highest BCUT2D eigenvalue weighted by molar-refractivity contribution is 7.22. The second kappa shape index (κ2) is 5.81. The van der Waals surface area contributed by atoms with E-state index in [9.17, 15) is 14.4 Å². The van der Waals surface area contributed by atoms with Gasteiger partial charge in [-0.25, -0.2) is 9.78 Å². The Balaban J connectivity index is 1.74. The molecule has 25 heavy (non-hydrogen) atoms. The molecule has 0 unspecified atom stereocenters. The fraction of sp³-hybridized carbons (Fsp3) is 0.267. The molecule has 0 atom stereocenters. The molecule has 1 fully saturated rings. The van der Waals surface area contributed by atoms with E-state index < -0.39 is 5.97 Å². The van der Waals surface area contributed by atoms with Gasteiger partial charge < -0.3 is 10.1 Å². The second-order valence-electron chi connectivity index (χ2n) is 5.63. The first-order valence-electron chi connectivity index (χ1n) is 7.54. The van der Waals surface area contributed by atoms with Gasteiger partial charge in [0.2, 0.25) is 5.91 Å². The van der Waals surface area contributed by atoms with Gasteiger partial charge in [0, 0.05) is 18.2 Å². The molecular formula is C15H13N5O4S. The molecule has 1 saturated carbocycles. The highest BCUT2D eigenvalue weighted by Gasteiger charge is 2.30. The molecule has 0 spiro atoms. The van der Waals surface area contributed by atoms with Gasteiger partial charge in [-0.15, -0.1) is 0 Å². The van der Waals surface area contributed by atoms with E-state index in [1.807, 2.05) is 0 Å². The van der Waals surface area contributed by atoms with Crippen molar-refractivity contribution in [2.24, 2.45) is 5.92 Å². The van der Waals surface area contributed by atoms with Crippen molar-refractivity contribution in [2.75, 3.05) is 12.4 Å². The van der Waals surface area contributed by atoms with Gasteiger partial charge in [-0.3, -0.25) is 19.3 Å². The number of pyridine rings is 1. The molecule has 128 valence electrons. The van der Waals surface area contributed by atoms with Crippen LogP contribution in [-0.2, 0) is 9.53 Å². The maximum Gasteiger partial charge on any atom is 0.339 e. The van der Waals surface area contributed by atoms with Gasteiger partial charge in [-0.2, -0.15) is 5.10 Å². The molecule has 3 heterocycles. The second-order valence-corrected chi connectivity index (χ2v) is 6.62. The standard InChI is InChI=1S/C15H13N5O4S/c1-24-14(23)8-4-5-9(21)20(6-8)12-10-11(18-19-12)16-15(25-10)17-13(22)7-2-3-7/h4-7H,2-3H2,1H3,(H2,16,17,18,19,22). The van der Waals surface area contributed by atoms with Gasteiger partial charge in [0.15, 0.2) is 16.6 Å². The van der Waals surface area contributed by atoms with Crippen molar-refractivity contribution in [3.05, 3.63) is 34.2 Å². The number of rotatable bonds is 4. The van der Waals surface area contributed by atoms with Crippen LogP contribution < -0.4 is 10.9 Å². The van der Waals surface area contributed by atoms with Crippen LogP contribution in [0.1, 0.15) is 23.2 Å². The largest absolute Gasteiger partial charge is 0.465 e. The molecule has 0 bridgehead atoms. The molecule has 1 aliphatic carbocycles. The summed E-state index contributed by atoms with van der Waals surface area (Å²) in [6.45, 7) is 0. The van der Waals surface area contributed by atoms with Gasteiger partial charge in [0.1, 0.15) is 4.70 Å². The number of ether oxygens (including phenoxy) is 1. The molecule has 1 aliphatic rings. The number of aromatic nitrogens is 4. The Labute approximate surface area is 144 Å². The van der Waals surface area contributed by atoms with Crippen LogP contribution in [0, 0.1) is 5.92 Å². The zero-order valence-electron chi connectivity index (χ0n) is 13.1. The van der Waals surface area contributed by atoms with E-state index in [-0.39, 0.29) is 22.9 Å². The lowest BCUT2D eigenvalue weighted by molar-refractivity contribution is -0.117. The van der Waals surface area contributed by atoms with Crippen molar-refractivity contribution in [1.82, 2.24) is 19.7 Å². The summed E-state index contributed by atoms with van der Waals surface area (Å²) < 4.78 is 6.52. The minimum Gasteiger partial charge on any atom is -0.465 e. The fourth-order valence-electron chi connectivity index (χ4n) is 2.37. The summed E-state index contributed by atoms with van der Waals surface area (Å²) in [4.78, 5) is 40.0. The van der Waals surface area contributed by atoms with E-state index in [4.69, 9.17) is 0 Å². The van der Waals surface area contributed by atoms with Crippen molar-refractivity contribution in [3.63, 3.8) is 0 Å². The third-order valence-electron chi connectivity index (χ3n) is 3.84. The average Bonchev–Trinajstić information content (AvgIpc) is 3.29. The summed E-state index contributed by atoms with van der Waals surface area (Å²) in [5, 5.41) is 10.1. The minimum atomic E-state index is -0.554. The van der Waals surface area contributed by atoms with Crippen LogP contribution in [0.4, 0.5) is 5.13 Å². The summed E-state index contributed by atoms with van der Waals surface area (Å²) in [6.07, 6.45) is 3.17. The van der Waals surface area contributed by atoms with E-state index >= 15 is 0 Å². The van der Waals surface area contributed by atoms with Gasteiger partial charge >= 0.3 is 5.97 Å². The van der Waals surface area contributed by atoms with E-state index in [0.29, 0.717) is 21.3 Å². The molecule has 4 rings (SSSR count). The van der Waals surface area contributed by atoms with Gasteiger partial charge in [-0.1, -0.05) is 11.3 Å². The van der Waals surface area contributed by atoms with E-state index in [2.05, 4.69) is 25.2 Å². The van der Waals surface area contributed by atoms with Crippen molar-refractivity contribution in [1.29, 1.82) is 0 Å². The lowest BCUT2D eigenvalue weighted by Gasteiger charge is -2.04. The number of nitrogens with one attached hydrogen (secondary N) is 2. The molecule has 0 radical (unpaired) electrons. The third-order valence-corrected chi connectivity index (χ3v) is 4.80. The average molecular weight is 359 g/mol. The number of hydrogen-bond donors (Lipinski definition) is 2. The maximum atomic E-state index is 12.2. The number of thiazole rings is 1. The first kappa shape index (κ1) is 15.5. The van der Waals surface area contributed by atoms with Gasteiger partial charge in [0.25, 0.3) is 5.56 Å². The molecule has 3 aromatic rings. The molecule has 10 heteroatoms. The number of H-pyrrole nitrogens is 1. The van der Waals surface area contributed by atoms with Crippen molar-refractivity contribution in [3.8, 4) is 5.82 Å². The van der Waals surface area contributed by atoms with Crippen LogP contribution in [0.25, 0.3) is 16.2 Å². The Kier molecular flexibility index (Phi) is 3.61. The summed E-state index contributed by atoms with van der Waals surface area (Å²) in [6, 6.07) is 2.66. The molecule has 2 N–H and O–H groups in total. The highest BCUT2D eigenvalue weighted by atomic mass is 32.1. The van der Waals surface area contributed by atoms with Crippen LogP contribution in [0.5, 0.6) is 0 Å². The number of nitrogens with zero attached hydrogens (tertiary/aromatic N) is 3. The van der Waals surface area contributed by atoms with Crippen molar-refractivity contribution >= 4 is 38.7 Å². The fourth-order valence-corrected chi connectivity index (χ4v) is 3.27. The van der Waals surface area contributed by atoms with Crippen LogP contribution in [0.3, 0.4) is 0 Å². The number of aromatic amines is 1. The Hall–Kier alpha value is -3.01. The Morgan fingerprint density at radius 3 is 2.92 bits per heavy atom. The SMILES string of the molecule is COC(=O)c1ccc(=O)n(-c2n[nH]c3nc(NC(=O)C4CC4)sc23)c1. The maximum absolute atomic E-state index is 12.2. The summed E-state index contributed by atoms with van der Waals surface area (Å²) in [5.74, 6) is -0.215. The number of methoxy groups -OCH3 is 1. The monoisotopic (exact) mass is 359 g/mol. The number of carbonyl (C=O) groups excluding carboxylic acids is 2. The zero-order valence-corrected chi connectivity index (χ0v) is 13.9. The number of anilines is 1. The highest BCUT2D eigenvalue weighted by Crippen LogP contribution is 2.33. The molecule has 9 nitrogen and oxygen atoms in total. The number of amides is 1. The minimum absolute atomic E-state index is 0.0456. The molecule has 0 aromatic carbocycles. The Bertz CT molecular complexity index is 1050. The van der Waals surface area contributed by atoms with Crippen LogP contribution in [-0.4, -0.2) is 38.7 Å². The number of esters is 1. The van der Waals surface area contributed by atoms with Gasteiger partial charge in [-0.05, 0) is 18.9 Å². The molecule has 0 aliphatic heterocycles. The molecular weight excluding hydrogens is 346 g/mol. The first-order chi connectivity index (χ1) is 12.1. The normalized spacial score (nSPS) is 13.8. The van der Waals surface area contributed by atoms with Gasteiger partial charge in [0.05, 0.1) is 12.7 Å². The topological polar surface area (TPSA) is 119 Å². The summed E-state index contributed by atoms with van der Waals surface area (Å²) in [7, 11) is 1.27. The van der Waals surface area contributed by atoms with E-state index in [1.165, 1.54) is 41.3 Å². The van der Waals surface area contributed by atoms with E-state index in [0.717, 1.165) is 12.8 Å². The zero-order chi connectivity index (χ0) is 17.6. The molecule has 0 saturated heterocycles. The van der Waals surface area contributed by atoms with E-state index in [1.54, 1.807) is 0 Å².